The van der Waals surface area contributed by atoms with Crippen LogP contribution in [-0.4, -0.2) is 0 Å². The second-order valence-electron chi connectivity index (χ2n) is 4.67. The Morgan fingerprint density at radius 3 is 2.25 bits per heavy atom. The van der Waals surface area contributed by atoms with Crippen molar-refractivity contribution in [3.05, 3.63) is 65.8 Å². The molecule has 0 nitrogen and oxygen atoms in total. The van der Waals surface area contributed by atoms with Crippen molar-refractivity contribution in [3.8, 4) is 0 Å². The van der Waals surface area contributed by atoms with Gasteiger partial charge in [0.15, 0.2) is 0 Å². The molecule has 0 bridgehead atoms. The van der Waals surface area contributed by atoms with E-state index in [0.29, 0.717) is 5.92 Å². The number of hydrogen-bond donors (Lipinski definition) is 0. The maximum absolute atomic E-state index is 3.45. The van der Waals surface area contributed by atoms with Gasteiger partial charge >= 0.3 is 0 Å². The van der Waals surface area contributed by atoms with Crippen molar-refractivity contribution in [2.75, 3.05) is 0 Å². The maximum atomic E-state index is 3.45. The molecule has 0 N–H and O–H groups in total. The first-order valence-electron chi connectivity index (χ1n) is 6.06. The molecule has 1 atom stereocenters. The van der Waals surface area contributed by atoms with Crippen LogP contribution in [0.1, 0.15) is 19.4 Å². The van der Waals surface area contributed by atoms with Gasteiger partial charge in [0.1, 0.15) is 0 Å². The van der Waals surface area contributed by atoms with Crippen LogP contribution in [-0.2, 0) is 25.8 Å². The van der Waals surface area contributed by atoms with Gasteiger partial charge in [-0.2, -0.15) is 11.6 Å². The molecule has 0 fully saturated rings. The Balaban J connectivity index is 0.00000120. The molecular formula is C17H15Cl2Hf-3. The molecule has 0 aliphatic heterocycles. The number of benzene rings is 2. The number of hydrogen-bond acceptors (Lipinski definition) is 0. The molecule has 1 aliphatic rings. The van der Waals surface area contributed by atoms with E-state index in [1.165, 1.54) is 27.5 Å². The van der Waals surface area contributed by atoms with Crippen LogP contribution in [0.5, 0.6) is 0 Å². The van der Waals surface area contributed by atoms with Crippen LogP contribution in [0.25, 0.3) is 16.3 Å². The normalized spacial score (nSPS) is 16.4. The molecule has 3 heteroatoms. The molecule has 1 aliphatic carbocycles. The van der Waals surface area contributed by atoms with Gasteiger partial charge in [-0.15, -0.1) is 0 Å². The average Bonchev–Trinajstić information content (AvgIpc) is 2.68. The molecule has 0 amide bonds. The van der Waals surface area contributed by atoms with Gasteiger partial charge in [0.25, 0.3) is 0 Å². The van der Waals surface area contributed by atoms with Crippen LogP contribution < -0.4 is 24.8 Å². The standard InChI is InChI=1S/C17H15.2ClH.Hf/c1-12-10-13(2)17(11-12)16-9-5-7-14-6-3-4-8-15(14)16;;;/h3-9,11-12H,1-2H3;2*1H;/q-1;;;/p-2. The van der Waals surface area contributed by atoms with Gasteiger partial charge in [-0.1, -0.05) is 67.8 Å². The van der Waals surface area contributed by atoms with E-state index < -0.39 is 0 Å². The van der Waals surface area contributed by atoms with Gasteiger partial charge < -0.3 is 24.8 Å². The maximum Gasteiger partial charge on any atom is 0 e. The Hall–Kier alpha value is -0.370. The van der Waals surface area contributed by atoms with Crippen molar-refractivity contribution in [3.63, 3.8) is 0 Å². The average molecular weight is 469 g/mol. The van der Waals surface area contributed by atoms with Crippen molar-refractivity contribution in [2.24, 2.45) is 5.92 Å². The van der Waals surface area contributed by atoms with E-state index in [-0.39, 0.29) is 50.7 Å². The monoisotopic (exact) mass is 469 g/mol. The Kier molecular flexibility index (Phi) is 8.01. The van der Waals surface area contributed by atoms with Gasteiger partial charge in [-0.05, 0) is 10.8 Å². The van der Waals surface area contributed by atoms with Crippen LogP contribution in [0.3, 0.4) is 0 Å². The predicted molar refractivity (Wildman–Crippen MR) is 73.5 cm³/mol. The largest absolute Gasteiger partial charge is 1.00 e. The molecule has 0 spiro atoms. The number of fused-ring (bicyclic) bond motifs is 1. The second-order valence-corrected chi connectivity index (χ2v) is 4.67. The van der Waals surface area contributed by atoms with Crippen LogP contribution in [0.15, 0.2) is 54.1 Å². The second kappa shape index (κ2) is 8.17. The van der Waals surface area contributed by atoms with E-state index in [4.69, 9.17) is 0 Å². The van der Waals surface area contributed by atoms with Gasteiger partial charge in [0, 0.05) is 25.8 Å². The summed E-state index contributed by atoms with van der Waals surface area (Å²) in [7, 11) is 0. The summed E-state index contributed by atoms with van der Waals surface area (Å²) < 4.78 is 0. The Labute approximate surface area is 151 Å². The molecule has 2 aromatic rings. The molecule has 0 saturated carbocycles. The first-order valence-corrected chi connectivity index (χ1v) is 6.06. The minimum atomic E-state index is 0. The van der Waals surface area contributed by atoms with Crippen LogP contribution in [0.4, 0.5) is 0 Å². The third-order valence-corrected chi connectivity index (χ3v) is 3.34. The third-order valence-electron chi connectivity index (χ3n) is 3.34. The topological polar surface area (TPSA) is 0 Å². The number of halogens is 2. The van der Waals surface area contributed by atoms with Crippen molar-refractivity contribution in [1.82, 2.24) is 0 Å². The van der Waals surface area contributed by atoms with Crippen molar-refractivity contribution in [2.45, 2.75) is 13.8 Å². The molecule has 0 aromatic heterocycles. The van der Waals surface area contributed by atoms with Gasteiger partial charge in [-0.25, -0.2) is 5.57 Å². The molecule has 0 heterocycles. The minimum absolute atomic E-state index is 0. The molecule has 0 saturated heterocycles. The van der Waals surface area contributed by atoms with E-state index in [1.807, 2.05) is 0 Å². The zero-order chi connectivity index (χ0) is 11.8. The summed E-state index contributed by atoms with van der Waals surface area (Å²) in [6.45, 7) is 4.33. The first-order chi connectivity index (χ1) is 8.25. The Morgan fingerprint density at radius 2 is 1.60 bits per heavy atom. The Bertz CT molecular complexity index is 639. The van der Waals surface area contributed by atoms with Crippen LogP contribution in [0.2, 0.25) is 0 Å². The summed E-state index contributed by atoms with van der Waals surface area (Å²) >= 11 is 0. The van der Waals surface area contributed by atoms with Crippen LogP contribution in [0, 0.1) is 12.0 Å². The first kappa shape index (κ1) is 19.6. The zero-order valence-corrected chi connectivity index (χ0v) is 16.6. The van der Waals surface area contributed by atoms with Gasteiger partial charge in [0.05, 0.1) is 0 Å². The summed E-state index contributed by atoms with van der Waals surface area (Å²) in [5.41, 5.74) is 3.95. The Morgan fingerprint density at radius 1 is 0.950 bits per heavy atom. The fourth-order valence-corrected chi connectivity index (χ4v) is 2.59. The minimum Gasteiger partial charge on any atom is -1.00 e. The summed E-state index contributed by atoms with van der Waals surface area (Å²) in [6, 6.07) is 15.1. The molecule has 0 radical (unpaired) electrons. The summed E-state index contributed by atoms with van der Waals surface area (Å²) in [4.78, 5) is 0. The van der Waals surface area contributed by atoms with E-state index >= 15 is 0 Å². The quantitative estimate of drug-likeness (QED) is 0.358. The fraction of sp³-hybridized carbons (Fsp3) is 0.176. The molecule has 104 valence electrons. The van der Waals surface area contributed by atoms with E-state index in [1.54, 1.807) is 0 Å². The summed E-state index contributed by atoms with van der Waals surface area (Å²) in [5.74, 6) is 0.434. The van der Waals surface area contributed by atoms with E-state index in [9.17, 15) is 0 Å². The van der Waals surface area contributed by atoms with Gasteiger partial charge in [-0.3, -0.25) is 6.08 Å². The molecular weight excluding hydrogens is 454 g/mol. The molecule has 3 rings (SSSR count). The van der Waals surface area contributed by atoms with E-state index in [0.717, 1.165) is 0 Å². The fourth-order valence-electron chi connectivity index (χ4n) is 2.59. The molecule has 1 unspecified atom stereocenters. The van der Waals surface area contributed by atoms with Crippen molar-refractivity contribution in [1.29, 1.82) is 0 Å². The van der Waals surface area contributed by atoms with Crippen LogP contribution >= 0.6 is 0 Å². The van der Waals surface area contributed by atoms with Crippen molar-refractivity contribution < 1.29 is 50.7 Å². The van der Waals surface area contributed by atoms with Gasteiger partial charge in [0.2, 0.25) is 0 Å². The molecule has 20 heavy (non-hydrogen) atoms. The SMILES string of the molecule is CC1=[C-]C(C)C=C1c1cccc2ccccc12.[Cl-].[Cl-].[Hf]. The number of allylic oxidation sites excluding steroid dienone is 4. The molecule has 2 aromatic carbocycles. The summed E-state index contributed by atoms with van der Waals surface area (Å²) in [5, 5.41) is 2.63. The number of rotatable bonds is 1. The smallest absolute Gasteiger partial charge is 0 e. The van der Waals surface area contributed by atoms with Crippen molar-refractivity contribution >= 4 is 16.3 Å². The zero-order valence-electron chi connectivity index (χ0n) is 11.5. The summed E-state index contributed by atoms with van der Waals surface area (Å²) in [6.07, 6.45) is 5.76. The third kappa shape index (κ3) is 3.63. The van der Waals surface area contributed by atoms with E-state index in [2.05, 4.69) is 68.5 Å². The predicted octanol–water partition coefficient (Wildman–Crippen LogP) is -1.37.